The van der Waals surface area contributed by atoms with Crippen LogP contribution in [0.5, 0.6) is 5.75 Å². The summed E-state index contributed by atoms with van der Waals surface area (Å²) < 4.78 is 17.6. The lowest BCUT2D eigenvalue weighted by Crippen LogP contribution is -2.41. The average Bonchev–Trinajstić information content (AvgIpc) is 2.66. The molecular weight excluding hydrogens is 275 g/mol. The molecule has 2 rings (SSSR count). The maximum absolute atomic E-state index is 6.21. The van der Waals surface area contributed by atoms with E-state index < -0.39 is 0 Å². The molecule has 1 fully saturated rings. The van der Waals surface area contributed by atoms with Crippen LogP contribution in [-0.4, -0.2) is 25.4 Å². The molecule has 0 saturated carbocycles. The molecule has 3 nitrogen and oxygen atoms in total. The summed E-state index contributed by atoms with van der Waals surface area (Å²) in [4.78, 5) is 0. The number of hydrogen-bond acceptors (Lipinski definition) is 3. The maximum atomic E-state index is 6.21. The van der Waals surface area contributed by atoms with Gasteiger partial charge in [-0.15, -0.1) is 0 Å². The van der Waals surface area contributed by atoms with Crippen molar-refractivity contribution < 1.29 is 14.0 Å². The first-order valence-electron chi connectivity index (χ1n) is 8.06. The van der Waals surface area contributed by atoms with Gasteiger partial charge in [0.2, 0.25) is 0 Å². The third-order valence-corrected chi connectivity index (χ3v) is 5.11. The Morgan fingerprint density at radius 1 is 1.00 bits per heavy atom. The van der Waals surface area contributed by atoms with Crippen molar-refractivity contribution in [2.75, 3.05) is 7.11 Å². The van der Waals surface area contributed by atoms with E-state index in [-0.39, 0.29) is 23.6 Å². The first-order valence-corrected chi connectivity index (χ1v) is 8.06. The van der Waals surface area contributed by atoms with Gasteiger partial charge in [-0.25, -0.2) is 0 Å². The van der Waals surface area contributed by atoms with E-state index >= 15 is 0 Å². The fourth-order valence-electron chi connectivity index (χ4n) is 2.54. The highest BCUT2D eigenvalue weighted by molar-refractivity contribution is 6.49. The summed E-state index contributed by atoms with van der Waals surface area (Å²) in [7, 11) is 1.52. The smallest absolute Gasteiger partial charge is 0.463 e. The fraction of sp³-hybridized carbons (Fsp3) is 0.667. The number of ether oxygens (including phenoxy) is 1. The minimum Gasteiger partial charge on any atom is -0.497 e. The van der Waals surface area contributed by atoms with Crippen LogP contribution in [0.4, 0.5) is 0 Å². The summed E-state index contributed by atoms with van der Waals surface area (Å²) in [5.41, 5.74) is 0.773. The predicted octanol–water partition coefficient (Wildman–Crippen LogP) is 4.50. The second kappa shape index (κ2) is 5.90. The highest BCUT2D eigenvalue weighted by atomic mass is 16.7. The van der Waals surface area contributed by atoms with E-state index in [0.29, 0.717) is 0 Å². The number of methoxy groups -OCH3 is 1. The molecule has 0 bridgehead atoms. The predicted molar refractivity (Wildman–Crippen MR) is 91.4 cm³/mol. The molecule has 1 aromatic carbocycles. The van der Waals surface area contributed by atoms with Crippen LogP contribution < -0.4 is 4.74 Å². The topological polar surface area (TPSA) is 27.7 Å². The van der Waals surface area contributed by atoms with Gasteiger partial charge >= 0.3 is 7.12 Å². The van der Waals surface area contributed by atoms with Crippen molar-refractivity contribution in [3.05, 3.63) is 29.8 Å². The van der Waals surface area contributed by atoms with Crippen LogP contribution in [-0.2, 0) is 15.7 Å². The monoisotopic (exact) mass is 304 g/mol. The quantitative estimate of drug-likeness (QED) is 0.750. The van der Waals surface area contributed by atoms with E-state index in [0.717, 1.165) is 18.6 Å². The van der Waals surface area contributed by atoms with Gasteiger partial charge < -0.3 is 14.0 Å². The molecular formula is C18H29BO3. The van der Waals surface area contributed by atoms with Gasteiger partial charge in [-0.05, 0) is 58.2 Å². The molecule has 122 valence electrons. The second-order valence-corrected chi connectivity index (χ2v) is 7.92. The summed E-state index contributed by atoms with van der Waals surface area (Å²) in [6.45, 7) is 12.9. The SMILES string of the molecule is COc1ccc(CCC(C)(C)B2OC(C)(C)C(C)(C)O2)cc1. The Morgan fingerprint density at radius 3 is 1.95 bits per heavy atom. The molecule has 22 heavy (non-hydrogen) atoms. The van der Waals surface area contributed by atoms with Crippen LogP contribution in [0.2, 0.25) is 5.31 Å². The third-order valence-electron chi connectivity index (χ3n) is 5.11. The van der Waals surface area contributed by atoms with Crippen molar-refractivity contribution in [2.24, 2.45) is 0 Å². The van der Waals surface area contributed by atoms with Gasteiger partial charge in [0, 0.05) is 5.31 Å². The highest BCUT2D eigenvalue weighted by Crippen LogP contribution is 2.46. The zero-order valence-corrected chi connectivity index (χ0v) is 15.0. The van der Waals surface area contributed by atoms with Crippen molar-refractivity contribution in [3.63, 3.8) is 0 Å². The van der Waals surface area contributed by atoms with E-state index in [9.17, 15) is 0 Å². The minimum absolute atomic E-state index is 0.0367. The molecule has 0 N–H and O–H groups in total. The Labute approximate surface area is 135 Å². The van der Waals surface area contributed by atoms with Crippen molar-refractivity contribution in [1.82, 2.24) is 0 Å². The van der Waals surface area contributed by atoms with E-state index in [4.69, 9.17) is 14.0 Å². The van der Waals surface area contributed by atoms with Gasteiger partial charge in [0.05, 0.1) is 18.3 Å². The number of rotatable bonds is 5. The molecule has 0 aromatic heterocycles. The van der Waals surface area contributed by atoms with Crippen LogP contribution in [0.1, 0.15) is 53.5 Å². The standard InChI is InChI=1S/C18H29BO3/c1-16(2,19-21-17(3,4)18(5,6)22-19)13-12-14-8-10-15(20-7)11-9-14/h8-11H,12-13H2,1-7H3. The largest absolute Gasteiger partial charge is 0.497 e. The van der Waals surface area contributed by atoms with Crippen LogP contribution in [0, 0.1) is 0 Å². The molecule has 0 spiro atoms. The van der Waals surface area contributed by atoms with E-state index in [1.54, 1.807) is 7.11 Å². The fourth-order valence-corrected chi connectivity index (χ4v) is 2.54. The first-order chi connectivity index (χ1) is 10.1. The van der Waals surface area contributed by atoms with Crippen LogP contribution in [0.25, 0.3) is 0 Å². The van der Waals surface area contributed by atoms with Crippen LogP contribution in [0.15, 0.2) is 24.3 Å². The van der Waals surface area contributed by atoms with Gasteiger partial charge in [-0.3, -0.25) is 0 Å². The zero-order chi connectivity index (χ0) is 16.6. The lowest BCUT2D eigenvalue weighted by atomic mass is 9.57. The first kappa shape index (κ1) is 17.4. The van der Waals surface area contributed by atoms with Gasteiger partial charge in [0.25, 0.3) is 0 Å². The van der Waals surface area contributed by atoms with E-state index in [1.165, 1.54) is 5.56 Å². The molecule has 0 atom stereocenters. The van der Waals surface area contributed by atoms with E-state index in [1.807, 2.05) is 12.1 Å². The highest BCUT2D eigenvalue weighted by Gasteiger charge is 2.56. The molecule has 1 aromatic rings. The number of aryl methyl sites for hydroxylation is 1. The maximum Gasteiger partial charge on any atom is 0.463 e. The number of hydrogen-bond donors (Lipinski definition) is 0. The Bertz CT molecular complexity index is 490. The number of benzene rings is 1. The van der Waals surface area contributed by atoms with Crippen molar-refractivity contribution >= 4 is 7.12 Å². The van der Waals surface area contributed by atoms with Crippen molar-refractivity contribution in [2.45, 2.75) is 70.9 Å². The van der Waals surface area contributed by atoms with Crippen molar-refractivity contribution in [3.8, 4) is 5.75 Å². The zero-order valence-electron chi connectivity index (χ0n) is 15.0. The Balaban J connectivity index is 1.99. The van der Waals surface area contributed by atoms with Crippen LogP contribution >= 0.6 is 0 Å². The van der Waals surface area contributed by atoms with Gasteiger partial charge in [-0.1, -0.05) is 26.0 Å². The van der Waals surface area contributed by atoms with Gasteiger partial charge in [0.1, 0.15) is 5.75 Å². The molecule has 0 amide bonds. The van der Waals surface area contributed by atoms with Gasteiger partial charge in [-0.2, -0.15) is 0 Å². The summed E-state index contributed by atoms with van der Waals surface area (Å²) >= 11 is 0. The summed E-state index contributed by atoms with van der Waals surface area (Å²) in [5, 5.41) is -0.0367. The summed E-state index contributed by atoms with van der Waals surface area (Å²) in [5.74, 6) is 0.897. The second-order valence-electron chi connectivity index (χ2n) is 7.92. The molecule has 4 heteroatoms. The lowest BCUT2D eigenvalue weighted by molar-refractivity contribution is 0.00578. The molecule has 1 heterocycles. The Morgan fingerprint density at radius 2 is 1.50 bits per heavy atom. The van der Waals surface area contributed by atoms with Gasteiger partial charge in [0.15, 0.2) is 0 Å². The molecule has 1 aliphatic heterocycles. The normalized spacial score (nSPS) is 20.2. The van der Waals surface area contributed by atoms with Crippen molar-refractivity contribution in [1.29, 1.82) is 0 Å². The average molecular weight is 304 g/mol. The molecule has 1 aliphatic rings. The molecule has 0 radical (unpaired) electrons. The van der Waals surface area contributed by atoms with Crippen LogP contribution in [0.3, 0.4) is 0 Å². The minimum atomic E-state index is -0.269. The van der Waals surface area contributed by atoms with E-state index in [2.05, 4.69) is 53.7 Å². The summed E-state index contributed by atoms with van der Waals surface area (Å²) in [6.07, 6.45) is 2.01. The molecule has 0 aliphatic carbocycles. The third kappa shape index (κ3) is 3.49. The summed E-state index contributed by atoms with van der Waals surface area (Å²) in [6, 6.07) is 8.27. The molecule has 0 unspecified atom stereocenters. The Hall–Kier alpha value is -0.995. The molecule has 1 saturated heterocycles. The lowest BCUT2D eigenvalue weighted by Gasteiger charge is -2.32. The Kier molecular flexibility index (Phi) is 4.65.